The largest absolute Gasteiger partial charge is 0.378 e. The third-order valence-electron chi connectivity index (χ3n) is 9.41. The van der Waals surface area contributed by atoms with Gasteiger partial charge in [-0.05, 0) is 105 Å². The second-order valence-electron chi connectivity index (χ2n) is 11.9. The topological polar surface area (TPSA) is 9.23 Å². The lowest BCUT2D eigenvalue weighted by Crippen LogP contribution is -2.34. The van der Waals surface area contributed by atoms with Crippen LogP contribution in [0.2, 0.25) is 0 Å². The number of hydrogen-bond acceptors (Lipinski definition) is 1. The van der Waals surface area contributed by atoms with Crippen LogP contribution in [-0.4, -0.2) is 12.7 Å². The lowest BCUT2D eigenvalue weighted by molar-refractivity contribution is -0.0162. The minimum absolute atomic E-state index is 0.558. The summed E-state index contributed by atoms with van der Waals surface area (Å²) in [5.41, 5.74) is 5.04. The van der Waals surface area contributed by atoms with Crippen LogP contribution in [0.1, 0.15) is 139 Å². The summed E-state index contributed by atoms with van der Waals surface area (Å²) in [6, 6.07) is 7.69. The van der Waals surface area contributed by atoms with Crippen LogP contribution < -0.4 is 0 Å². The highest BCUT2D eigenvalue weighted by Crippen LogP contribution is 2.47. The van der Waals surface area contributed by atoms with E-state index >= 15 is 0 Å². The van der Waals surface area contributed by atoms with Gasteiger partial charge in [-0.25, -0.2) is 0 Å². The molecule has 3 aliphatic rings. The number of unbranched alkanes of at least 4 members (excludes halogenated alkanes) is 6. The van der Waals surface area contributed by atoms with E-state index in [4.69, 9.17) is 4.74 Å². The Morgan fingerprint density at radius 3 is 2.42 bits per heavy atom. The number of rotatable bonds is 12. The van der Waals surface area contributed by atoms with E-state index in [1.165, 1.54) is 116 Å². The van der Waals surface area contributed by atoms with Gasteiger partial charge in [0.2, 0.25) is 0 Å². The molecule has 3 aliphatic carbocycles. The van der Waals surface area contributed by atoms with E-state index in [0.29, 0.717) is 6.10 Å². The molecule has 0 spiro atoms. The first-order valence-electron chi connectivity index (χ1n) is 15.0. The number of ether oxygens (including phenoxy) is 1. The summed E-state index contributed by atoms with van der Waals surface area (Å²) in [6.07, 6.45) is 25.4. The SMILES string of the molecule is CCCCCCCC1CCc2cc(C3CCC4CC(OCCCCC)CCC4C3)ccc2C1. The van der Waals surface area contributed by atoms with Crippen molar-refractivity contribution >= 4 is 0 Å². The summed E-state index contributed by atoms with van der Waals surface area (Å²) in [4.78, 5) is 0. The monoisotopic (exact) mass is 452 g/mol. The first-order chi connectivity index (χ1) is 16.3. The predicted octanol–water partition coefficient (Wildman–Crippen LogP) is 9.41. The normalized spacial score (nSPS) is 29.5. The van der Waals surface area contributed by atoms with Crippen LogP contribution in [0.3, 0.4) is 0 Å². The molecule has 1 nitrogen and oxygen atoms in total. The summed E-state index contributed by atoms with van der Waals surface area (Å²) in [5.74, 6) is 3.64. The Morgan fingerprint density at radius 1 is 0.758 bits per heavy atom. The Balaban J connectivity index is 1.23. The minimum Gasteiger partial charge on any atom is -0.378 e. The molecular formula is C32H52O. The molecule has 5 unspecified atom stereocenters. The van der Waals surface area contributed by atoms with Gasteiger partial charge in [0.15, 0.2) is 0 Å². The average Bonchev–Trinajstić information content (AvgIpc) is 2.86. The zero-order valence-corrected chi connectivity index (χ0v) is 22.0. The molecule has 0 radical (unpaired) electrons. The highest BCUT2D eigenvalue weighted by atomic mass is 16.5. The van der Waals surface area contributed by atoms with Crippen LogP contribution in [0, 0.1) is 17.8 Å². The third kappa shape index (κ3) is 7.33. The third-order valence-corrected chi connectivity index (χ3v) is 9.41. The van der Waals surface area contributed by atoms with Crippen LogP contribution >= 0.6 is 0 Å². The Kier molecular flexibility index (Phi) is 10.2. The van der Waals surface area contributed by atoms with E-state index in [9.17, 15) is 0 Å². The molecule has 4 rings (SSSR count). The Bertz CT molecular complexity index is 694. The van der Waals surface area contributed by atoms with Gasteiger partial charge in [0.05, 0.1) is 6.10 Å². The van der Waals surface area contributed by atoms with Crippen LogP contribution in [-0.2, 0) is 17.6 Å². The Hall–Kier alpha value is -0.820. The molecular weight excluding hydrogens is 400 g/mol. The van der Waals surface area contributed by atoms with Crippen LogP contribution in [0.25, 0.3) is 0 Å². The molecule has 2 saturated carbocycles. The molecule has 2 fully saturated rings. The fraction of sp³-hybridized carbons (Fsp3) is 0.812. The Labute approximate surface area is 205 Å². The summed E-state index contributed by atoms with van der Waals surface area (Å²) in [6.45, 7) is 5.58. The molecule has 0 N–H and O–H groups in total. The molecule has 1 aromatic rings. The van der Waals surface area contributed by atoms with Crippen molar-refractivity contribution in [3.05, 3.63) is 34.9 Å². The predicted molar refractivity (Wildman–Crippen MR) is 142 cm³/mol. The van der Waals surface area contributed by atoms with Crippen molar-refractivity contribution in [2.45, 2.75) is 141 Å². The maximum absolute atomic E-state index is 6.26. The number of benzene rings is 1. The quantitative estimate of drug-likeness (QED) is 0.287. The van der Waals surface area contributed by atoms with Crippen molar-refractivity contribution in [1.82, 2.24) is 0 Å². The molecule has 186 valence electrons. The zero-order chi connectivity index (χ0) is 22.9. The van der Waals surface area contributed by atoms with Gasteiger partial charge in [-0.1, -0.05) is 83.4 Å². The molecule has 1 aromatic carbocycles. The first kappa shape index (κ1) is 25.3. The van der Waals surface area contributed by atoms with E-state index in [1.54, 1.807) is 16.7 Å². The summed E-state index contributed by atoms with van der Waals surface area (Å²) < 4.78 is 6.26. The van der Waals surface area contributed by atoms with Gasteiger partial charge < -0.3 is 4.74 Å². The smallest absolute Gasteiger partial charge is 0.0578 e. The molecule has 33 heavy (non-hydrogen) atoms. The highest BCUT2D eigenvalue weighted by Gasteiger charge is 2.36. The van der Waals surface area contributed by atoms with E-state index < -0.39 is 0 Å². The zero-order valence-electron chi connectivity index (χ0n) is 22.0. The fourth-order valence-corrected chi connectivity index (χ4v) is 7.29. The minimum atomic E-state index is 0.558. The van der Waals surface area contributed by atoms with Gasteiger partial charge in [-0.15, -0.1) is 0 Å². The number of aryl methyl sites for hydroxylation is 1. The van der Waals surface area contributed by atoms with Crippen LogP contribution in [0.15, 0.2) is 18.2 Å². The second-order valence-corrected chi connectivity index (χ2v) is 11.9. The molecule has 0 bridgehead atoms. The highest BCUT2D eigenvalue weighted by molar-refractivity contribution is 5.36. The molecule has 1 heteroatoms. The molecule has 0 aliphatic heterocycles. The lowest BCUT2D eigenvalue weighted by Gasteiger charge is -2.42. The standard InChI is InChI=1S/C32H52O/c1-3-5-7-8-9-11-25-12-13-27-22-28(15-14-26(27)21-25)29-16-17-31-24-32(19-18-30(31)23-29)33-20-10-6-4-2/h14-15,22,25,29-32H,3-13,16-21,23-24H2,1-2H3. The fourth-order valence-electron chi connectivity index (χ4n) is 7.29. The van der Waals surface area contributed by atoms with E-state index in [0.717, 1.165) is 30.3 Å². The van der Waals surface area contributed by atoms with Gasteiger partial charge in [-0.2, -0.15) is 0 Å². The van der Waals surface area contributed by atoms with Crippen molar-refractivity contribution in [1.29, 1.82) is 0 Å². The summed E-state index contributed by atoms with van der Waals surface area (Å²) in [5, 5.41) is 0. The maximum atomic E-state index is 6.26. The van der Waals surface area contributed by atoms with Gasteiger partial charge in [0.25, 0.3) is 0 Å². The maximum Gasteiger partial charge on any atom is 0.0578 e. The van der Waals surface area contributed by atoms with Crippen molar-refractivity contribution in [3.8, 4) is 0 Å². The molecule has 0 amide bonds. The van der Waals surface area contributed by atoms with Crippen molar-refractivity contribution < 1.29 is 4.74 Å². The van der Waals surface area contributed by atoms with Crippen molar-refractivity contribution in [3.63, 3.8) is 0 Å². The molecule has 0 saturated heterocycles. The molecule has 0 aromatic heterocycles. The van der Waals surface area contributed by atoms with Gasteiger partial charge in [0.1, 0.15) is 0 Å². The summed E-state index contributed by atoms with van der Waals surface area (Å²) >= 11 is 0. The van der Waals surface area contributed by atoms with Gasteiger partial charge in [-0.3, -0.25) is 0 Å². The average molecular weight is 453 g/mol. The van der Waals surface area contributed by atoms with Crippen molar-refractivity contribution in [2.24, 2.45) is 17.8 Å². The van der Waals surface area contributed by atoms with E-state index in [1.807, 2.05) is 0 Å². The molecule has 5 atom stereocenters. The lowest BCUT2D eigenvalue weighted by atomic mass is 9.65. The van der Waals surface area contributed by atoms with Crippen LogP contribution in [0.4, 0.5) is 0 Å². The van der Waals surface area contributed by atoms with Gasteiger partial charge in [0, 0.05) is 6.61 Å². The first-order valence-corrected chi connectivity index (χ1v) is 15.0. The summed E-state index contributed by atoms with van der Waals surface area (Å²) in [7, 11) is 0. The molecule has 0 heterocycles. The van der Waals surface area contributed by atoms with Gasteiger partial charge >= 0.3 is 0 Å². The van der Waals surface area contributed by atoms with E-state index in [2.05, 4.69) is 32.0 Å². The second kappa shape index (κ2) is 13.3. The van der Waals surface area contributed by atoms with Crippen LogP contribution in [0.5, 0.6) is 0 Å². The van der Waals surface area contributed by atoms with Crippen molar-refractivity contribution in [2.75, 3.05) is 6.61 Å². The Morgan fingerprint density at radius 2 is 1.55 bits per heavy atom. The number of hydrogen-bond donors (Lipinski definition) is 0. The number of fused-ring (bicyclic) bond motifs is 2. The van der Waals surface area contributed by atoms with E-state index in [-0.39, 0.29) is 0 Å².